The highest BCUT2D eigenvalue weighted by Gasteiger charge is 2.28. The molecule has 2 aliphatic rings. The third-order valence-electron chi connectivity index (χ3n) is 4.02. The molecule has 1 unspecified atom stereocenters. The molecule has 0 aromatic rings. The minimum absolute atomic E-state index is 0.0494. The van der Waals surface area contributed by atoms with Gasteiger partial charge in [0, 0.05) is 18.1 Å². The van der Waals surface area contributed by atoms with E-state index in [9.17, 15) is 8.42 Å². The van der Waals surface area contributed by atoms with Crippen LogP contribution in [0.3, 0.4) is 0 Å². The van der Waals surface area contributed by atoms with Crippen molar-refractivity contribution < 1.29 is 8.42 Å². The predicted molar refractivity (Wildman–Crippen MR) is 87.3 cm³/mol. The van der Waals surface area contributed by atoms with Gasteiger partial charge >= 0.3 is 0 Å². The Labute approximate surface area is 128 Å². The van der Waals surface area contributed by atoms with Crippen LogP contribution in [0.4, 0.5) is 0 Å². The van der Waals surface area contributed by atoms with Gasteiger partial charge in [-0.3, -0.25) is 4.99 Å². The summed E-state index contributed by atoms with van der Waals surface area (Å²) in [6.07, 6.45) is 5.70. The van der Waals surface area contributed by atoms with E-state index in [0.717, 1.165) is 12.4 Å². The van der Waals surface area contributed by atoms with Crippen LogP contribution in [0.5, 0.6) is 0 Å². The summed E-state index contributed by atoms with van der Waals surface area (Å²) in [7, 11) is -2.81. The summed E-state index contributed by atoms with van der Waals surface area (Å²) in [5.41, 5.74) is -0.0494. The van der Waals surface area contributed by atoms with Crippen molar-refractivity contribution >= 4 is 15.8 Å². The number of hydrogen-bond donors (Lipinski definition) is 2. The standard InChI is InChI=1S/C15H29N3O2S/c1-15(2,3)18-14(17-13-6-4-5-7-13)16-10-12-8-9-21(19,20)11-12/h12-13H,4-11H2,1-3H3,(H2,16,17,18). The van der Waals surface area contributed by atoms with Gasteiger partial charge in [-0.15, -0.1) is 0 Å². The van der Waals surface area contributed by atoms with Crippen molar-refractivity contribution in [2.24, 2.45) is 10.9 Å². The topological polar surface area (TPSA) is 70.6 Å². The quantitative estimate of drug-likeness (QED) is 0.614. The maximum absolute atomic E-state index is 11.5. The molecule has 0 spiro atoms. The summed E-state index contributed by atoms with van der Waals surface area (Å²) >= 11 is 0. The van der Waals surface area contributed by atoms with E-state index in [1.807, 2.05) is 0 Å². The first-order valence-corrected chi connectivity index (χ1v) is 9.85. The fraction of sp³-hybridized carbons (Fsp3) is 0.933. The molecule has 0 radical (unpaired) electrons. The second-order valence-corrected chi connectivity index (χ2v) is 9.69. The fourth-order valence-corrected chi connectivity index (χ4v) is 4.83. The lowest BCUT2D eigenvalue weighted by molar-refractivity contribution is 0.487. The number of hydrogen-bond acceptors (Lipinski definition) is 3. The third kappa shape index (κ3) is 5.85. The second kappa shape index (κ2) is 6.55. The molecule has 0 aromatic heterocycles. The Morgan fingerprint density at radius 3 is 2.38 bits per heavy atom. The minimum Gasteiger partial charge on any atom is -0.354 e. The summed E-state index contributed by atoms with van der Waals surface area (Å²) in [6, 6.07) is 0.505. The lowest BCUT2D eigenvalue weighted by Crippen LogP contribution is -2.50. The van der Waals surface area contributed by atoms with E-state index in [0.29, 0.717) is 24.1 Å². The molecule has 1 atom stereocenters. The molecular formula is C15H29N3O2S. The highest BCUT2D eigenvalue weighted by molar-refractivity contribution is 7.91. The monoisotopic (exact) mass is 315 g/mol. The summed E-state index contributed by atoms with van der Waals surface area (Å²) < 4.78 is 23.0. The van der Waals surface area contributed by atoms with Crippen LogP contribution in [-0.2, 0) is 9.84 Å². The number of nitrogens with one attached hydrogen (secondary N) is 2. The van der Waals surface area contributed by atoms with Crippen LogP contribution in [-0.4, -0.2) is 44.0 Å². The zero-order valence-electron chi connectivity index (χ0n) is 13.5. The molecule has 2 fully saturated rings. The maximum atomic E-state index is 11.5. The smallest absolute Gasteiger partial charge is 0.191 e. The minimum atomic E-state index is -2.81. The summed E-state index contributed by atoms with van der Waals surface area (Å²) in [4.78, 5) is 4.65. The van der Waals surface area contributed by atoms with Crippen LogP contribution in [0, 0.1) is 5.92 Å². The number of aliphatic imine (C=N–C) groups is 1. The average Bonchev–Trinajstić information content (AvgIpc) is 2.94. The molecule has 1 saturated carbocycles. The highest BCUT2D eigenvalue weighted by Crippen LogP contribution is 2.19. The number of rotatable bonds is 3. The Kier molecular flexibility index (Phi) is 5.17. The van der Waals surface area contributed by atoms with E-state index in [4.69, 9.17) is 0 Å². The first-order valence-electron chi connectivity index (χ1n) is 8.03. The van der Waals surface area contributed by atoms with Crippen LogP contribution < -0.4 is 10.6 Å². The van der Waals surface area contributed by atoms with Gasteiger partial charge in [-0.25, -0.2) is 8.42 Å². The Morgan fingerprint density at radius 1 is 1.19 bits per heavy atom. The van der Waals surface area contributed by atoms with E-state index < -0.39 is 9.84 Å². The first kappa shape index (κ1) is 16.6. The van der Waals surface area contributed by atoms with E-state index in [1.54, 1.807) is 0 Å². The molecule has 0 aromatic carbocycles. The van der Waals surface area contributed by atoms with Gasteiger partial charge in [-0.1, -0.05) is 12.8 Å². The molecule has 2 N–H and O–H groups in total. The zero-order chi connectivity index (χ0) is 15.5. The molecular weight excluding hydrogens is 286 g/mol. The average molecular weight is 315 g/mol. The number of nitrogens with zero attached hydrogens (tertiary/aromatic N) is 1. The molecule has 1 heterocycles. The Hall–Kier alpha value is -0.780. The van der Waals surface area contributed by atoms with Crippen LogP contribution in [0.25, 0.3) is 0 Å². The molecule has 1 saturated heterocycles. The predicted octanol–water partition coefficient (Wildman–Crippen LogP) is 1.70. The van der Waals surface area contributed by atoms with Crippen molar-refractivity contribution in [2.75, 3.05) is 18.1 Å². The van der Waals surface area contributed by atoms with Crippen LogP contribution in [0.2, 0.25) is 0 Å². The largest absolute Gasteiger partial charge is 0.354 e. The van der Waals surface area contributed by atoms with Crippen LogP contribution in [0.15, 0.2) is 4.99 Å². The van der Waals surface area contributed by atoms with Gasteiger partial charge in [0.05, 0.1) is 11.5 Å². The molecule has 1 aliphatic carbocycles. The van der Waals surface area contributed by atoms with Crippen LogP contribution in [0.1, 0.15) is 52.9 Å². The molecule has 2 rings (SSSR count). The van der Waals surface area contributed by atoms with Gasteiger partial charge in [-0.2, -0.15) is 0 Å². The van der Waals surface area contributed by atoms with Crippen molar-refractivity contribution in [1.82, 2.24) is 10.6 Å². The Bertz CT molecular complexity index is 474. The van der Waals surface area contributed by atoms with Crippen molar-refractivity contribution in [3.05, 3.63) is 0 Å². The molecule has 1 aliphatic heterocycles. The molecule has 0 bridgehead atoms. The first-order chi connectivity index (χ1) is 9.73. The Morgan fingerprint density at radius 2 is 1.86 bits per heavy atom. The molecule has 0 amide bonds. The maximum Gasteiger partial charge on any atom is 0.191 e. The molecule has 5 nitrogen and oxygen atoms in total. The molecule has 6 heteroatoms. The van der Waals surface area contributed by atoms with Gasteiger partial charge in [0.15, 0.2) is 15.8 Å². The summed E-state index contributed by atoms with van der Waals surface area (Å²) in [5, 5.41) is 6.92. The lowest BCUT2D eigenvalue weighted by atomic mass is 10.1. The van der Waals surface area contributed by atoms with Crippen molar-refractivity contribution in [3.8, 4) is 0 Å². The van der Waals surface area contributed by atoms with Crippen LogP contribution >= 0.6 is 0 Å². The van der Waals surface area contributed by atoms with Crippen molar-refractivity contribution in [2.45, 2.75) is 64.5 Å². The highest BCUT2D eigenvalue weighted by atomic mass is 32.2. The number of guanidine groups is 1. The van der Waals surface area contributed by atoms with E-state index in [1.165, 1.54) is 25.7 Å². The summed E-state index contributed by atoms with van der Waals surface area (Å²) in [5.74, 6) is 1.63. The second-order valence-electron chi connectivity index (χ2n) is 7.46. The lowest BCUT2D eigenvalue weighted by Gasteiger charge is -2.26. The van der Waals surface area contributed by atoms with E-state index in [-0.39, 0.29) is 11.5 Å². The van der Waals surface area contributed by atoms with E-state index >= 15 is 0 Å². The van der Waals surface area contributed by atoms with Crippen molar-refractivity contribution in [1.29, 1.82) is 0 Å². The van der Waals surface area contributed by atoms with E-state index in [2.05, 4.69) is 36.4 Å². The summed E-state index contributed by atoms with van der Waals surface area (Å²) in [6.45, 7) is 6.92. The zero-order valence-corrected chi connectivity index (χ0v) is 14.3. The molecule has 122 valence electrons. The van der Waals surface area contributed by atoms with Gasteiger partial charge in [0.1, 0.15) is 0 Å². The van der Waals surface area contributed by atoms with Crippen molar-refractivity contribution in [3.63, 3.8) is 0 Å². The number of sulfone groups is 1. The van der Waals surface area contributed by atoms with Gasteiger partial charge in [0.25, 0.3) is 0 Å². The SMILES string of the molecule is CC(C)(C)NC(=NCC1CCS(=O)(=O)C1)NC1CCCC1. The Balaban J connectivity index is 1.94. The van der Waals surface area contributed by atoms with Gasteiger partial charge < -0.3 is 10.6 Å². The fourth-order valence-electron chi connectivity index (χ4n) is 2.98. The third-order valence-corrected chi connectivity index (χ3v) is 5.86. The molecule has 21 heavy (non-hydrogen) atoms. The normalized spacial score (nSPS) is 27.0. The van der Waals surface area contributed by atoms with Gasteiger partial charge in [-0.05, 0) is 46.0 Å². The van der Waals surface area contributed by atoms with Gasteiger partial charge in [0.2, 0.25) is 0 Å².